The van der Waals surface area contributed by atoms with Gasteiger partial charge in [-0.1, -0.05) is 13.8 Å². The minimum absolute atomic E-state index is 0.0385. The van der Waals surface area contributed by atoms with Crippen molar-refractivity contribution >= 4 is 15.9 Å². The summed E-state index contributed by atoms with van der Waals surface area (Å²) >= 11 is 0. The van der Waals surface area contributed by atoms with Crippen molar-refractivity contribution in [3.8, 4) is 5.75 Å². The highest BCUT2D eigenvalue weighted by molar-refractivity contribution is 7.89. The van der Waals surface area contributed by atoms with Crippen LogP contribution in [0.2, 0.25) is 0 Å². The molecule has 2 N–H and O–H groups in total. The van der Waals surface area contributed by atoms with Gasteiger partial charge in [-0.3, -0.25) is 4.79 Å². The molecule has 0 unspecified atom stereocenters. The van der Waals surface area contributed by atoms with E-state index in [1.54, 1.807) is 4.31 Å². The number of carbonyl (C=O) groups excluding carboxylic acids is 1. The van der Waals surface area contributed by atoms with Gasteiger partial charge >= 0.3 is 0 Å². The number of methoxy groups -OCH3 is 1. The number of amides is 1. The number of nitrogens with zero attached hydrogens (tertiary/aromatic N) is 1. The fourth-order valence-corrected chi connectivity index (χ4v) is 4.57. The second kappa shape index (κ2) is 6.49. The van der Waals surface area contributed by atoms with Crippen molar-refractivity contribution in [2.75, 3.05) is 7.11 Å². The molecule has 1 saturated carbocycles. The molecule has 1 aromatic rings. The Morgan fingerprint density at radius 3 is 2.35 bits per heavy atom. The van der Waals surface area contributed by atoms with Crippen LogP contribution >= 0.6 is 0 Å². The molecule has 1 aromatic carbocycles. The maximum Gasteiger partial charge on any atom is 0.252 e. The average Bonchev–Trinajstić information content (AvgIpc) is 3.30. The Balaban J connectivity index is 2.49. The maximum atomic E-state index is 13.1. The third kappa shape index (κ3) is 3.50. The van der Waals surface area contributed by atoms with Gasteiger partial charge in [0.2, 0.25) is 10.0 Å². The van der Waals surface area contributed by atoms with Crippen molar-refractivity contribution in [2.24, 2.45) is 11.7 Å². The quantitative estimate of drug-likeness (QED) is 0.822. The molecule has 2 rings (SSSR count). The van der Waals surface area contributed by atoms with E-state index < -0.39 is 15.9 Å². The topological polar surface area (TPSA) is 89.7 Å². The van der Waals surface area contributed by atoms with Crippen molar-refractivity contribution in [1.29, 1.82) is 0 Å². The summed E-state index contributed by atoms with van der Waals surface area (Å²) in [6, 6.07) is 4.16. The van der Waals surface area contributed by atoms with Crippen LogP contribution in [0.1, 0.15) is 44.0 Å². The Kier molecular flexibility index (Phi) is 5.01. The molecule has 1 amide bonds. The molecular weight excluding hydrogens is 316 g/mol. The molecule has 0 aromatic heterocycles. The number of sulfonamides is 1. The van der Waals surface area contributed by atoms with E-state index in [0.717, 1.165) is 12.8 Å². The van der Waals surface area contributed by atoms with Crippen molar-refractivity contribution < 1.29 is 17.9 Å². The van der Waals surface area contributed by atoms with Crippen LogP contribution in [0.3, 0.4) is 0 Å². The predicted octanol–water partition coefficient (Wildman–Crippen LogP) is 1.99. The number of primary amides is 1. The second-order valence-corrected chi connectivity index (χ2v) is 8.12. The van der Waals surface area contributed by atoms with Gasteiger partial charge in [-0.15, -0.1) is 0 Å². The van der Waals surface area contributed by atoms with E-state index in [4.69, 9.17) is 10.5 Å². The van der Waals surface area contributed by atoms with Crippen molar-refractivity contribution in [3.05, 3.63) is 23.8 Å². The molecule has 0 aliphatic heterocycles. The zero-order valence-electron chi connectivity index (χ0n) is 13.9. The Bertz CT molecular complexity index is 696. The van der Waals surface area contributed by atoms with Crippen molar-refractivity contribution in [2.45, 2.75) is 50.6 Å². The number of hydrogen-bond donors (Lipinski definition) is 1. The van der Waals surface area contributed by atoms with Crippen LogP contribution in [0.5, 0.6) is 5.75 Å². The summed E-state index contributed by atoms with van der Waals surface area (Å²) in [5.74, 6) is -0.251. The standard InChI is InChI=1S/C16H24N2O4S/c1-10(2)11(3)18(12-5-6-12)23(20,21)13-7-8-15(22-4)14(9-13)16(17)19/h7-12H,5-6H2,1-4H3,(H2,17,19)/t11-/m1/s1. The third-order valence-corrected chi connectivity index (χ3v) is 6.32. The van der Waals surface area contributed by atoms with Gasteiger partial charge in [0.25, 0.3) is 5.91 Å². The highest BCUT2D eigenvalue weighted by Crippen LogP contribution is 2.36. The van der Waals surface area contributed by atoms with Crippen molar-refractivity contribution in [3.63, 3.8) is 0 Å². The van der Waals surface area contributed by atoms with E-state index in [2.05, 4.69) is 0 Å². The SMILES string of the molecule is COc1ccc(S(=O)(=O)N(C2CC2)[C@H](C)C(C)C)cc1C(N)=O. The normalized spacial score (nSPS) is 16.6. The zero-order valence-corrected chi connectivity index (χ0v) is 14.8. The molecule has 23 heavy (non-hydrogen) atoms. The molecule has 0 heterocycles. The Morgan fingerprint density at radius 1 is 1.30 bits per heavy atom. The fraction of sp³-hybridized carbons (Fsp3) is 0.562. The van der Waals surface area contributed by atoms with E-state index in [1.165, 1.54) is 25.3 Å². The zero-order chi connectivity index (χ0) is 17.4. The number of ether oxygens (including phenoxy) is 1. The van der Waals surface area contributed by atoms with E-state index in [-0.39, 0.29) is 34.2 Å². The molecule has 0 bridgehead atoms. The van der Waals surface area contributed by atoms with E-state index in [9.17, 15) is 13.2 Å². The minimum Gasteiger partial charge on any atom is -0.496 e. The molecule has 128 valence electrons. The summed E-state index contributed by atoms with van der Waals surface area (Å²) in [5.41, 5.74) is 5.40. The Morgan fingerprint density at radius 2 is 1.91 bits per heavy atom. The number of benzene rings is 1. The minimum atomic E-state index is -3.69. The summed E-state index contributed by atoms with van der Waals surface area (Å²) in [6.45, 7) is 5.91. The van der Waals surface area contributed by atoms with Gasteiger partial charge in [-0.25, -0.2) is 8.42 Å². The first-order valence-electron chi connectivity index (χ1n) is 7.71. The lowest BCUT2D eigenvalue weighted by atomic mass is 10.1. The summed E-state index contributed by atoms with van der Waals surface area (Å²) in [5, 5.41) is 0. The smallest absolute Gasteiger partial charge is 0.252 e. The molecule has 1 aliphatic carbocycles. The summed E-state index contributed by atoms with van der Waals surface area (Å²) in [4.78, 5) is 11.6. The van der Waals surface area contributed by atoms with Crippen LogP contribution in [0.4, 0.5) is 0 Å². The monoisotopic (exact) mass is 340 g/mol. The average molecular weight is 340 g/mol. The highest BCUT2D eigenvalue weighted by Gasteiger charge is 2.42. The molecule has 1 atom stereocenters. The van der Waals surface area contributed by atoms with Gasteiger partial charge in [-0.2, -0.15) is 4.31 Å². The molecule has 0 spiro atoms. The number of carbonyl (C=O) groups is 1. The van der Waals surface area contributed by atoms with Crippen LogP contribution in [0, 0.1) is 5.92 Å². The van der Waals surface area contributed by atoms with Crippen LogP contribution in [0.15, 0.2) is 23.1 Å². The largest absolute Gasteiger partial charge is 0.496 e. The Hall–Kier alpha value is -1.60. The summed E-state index contributed by atoms with van der Waals surface area (Å²) in [7, 11) is -2.28. The lowest BCUT2D eigenvalue weighted by molar-refractivity contribution is 0.0997. The van der Waals surface area contributed by atoms with Gasteiger partial charge in [0.15, 0.2) is 0 Å². The molecule has 7 heteroatoms. The van der Waals surface area contributed by atoms with E-state index >= 15 is 0 Å². The first-order chi connectivity index (χ1) is 10.7. The van der Waals surface area contributed by atoms with Gasteiger partial charge in [-0.05, 0) is 43.9 Å². The second-order valence-electron chi connectivity index (χ2n) is 6.28. The molecular formula is C16H24N2O4S. The molecule has 0 radical (unpaired) electrons. The number of rotatable bonds is 7. The fourth-order valence-electron chi connectivity index (χ4n) is 2.53. The molecule has 6 nitrogen and oxygen atoms in total. The van der Waals surface area contributed by atoms with Crippen molar-refractivity contribution in [1.82, 2.24) is 4.31 Å². The molecule has 1 aliphatic rings. The lowest BCUT2D eigenvalue weighted by Gasteiger charge is -2.31. The highest BCUT2D eigenvalue weighted by atomic mass is 32.2. The summed E-state index contributed by atoms with van der Waals surface area (Å²) in [6.07, 6.45) is 1.74. The van der Waals surface area contributed by atoms with Gasteiger partial charge in [0.05, 0.1) is 17.6 Å². The summed E-state index contributed by atoms with van der Waals surface area (Å²) < 4.78 is 32.8. The van der Waals surface area contributed by atoms with Gasteiger partial charge in [0.1, 0.15) is 5.75 Å². The van der Waals surface area contributed by atoms with Crippen LogP contribution in [-0.4, -0.2) is 37.8 Å². The number of hydrogen-bond acceptors (Lipinski definition) is 4. The predicted molar refractivity (Wildman–Crippen MR) is 87.9 cm³/mol. The molecule has 0 saturated heterocycles. The van der Waals surface area contributed by atoms with E-state index in [0.29, 0.717) is 0 Å². The van der Waals surface area contributed by atoms with Crippen LogP contribution < -0.4 is 10.5 Å². The Labute approximate surface area is 137 Å². The molecule has 1 fully saturated rings. The van der Waals surface area contributed by atoms with Gasteiger partial charge < -0.3 is 10.5 Å². The first kappa shape index (κ1) is 17.7. The third-order valence-electron chi connectivity index (χ3n) is 4.28. The number of nitrogens with two attached hydrogens (primary N) is 1. The van der Waals surface area contributed by atoms with Crippen LogP contribution in [0.25, 0.3) is 0 Å². The lowest BCUT2D eigenvalue weighted by Crippen LogP contribution is -2.43. The van der Waals surface area contributed by atoms with Crippen LogP contribution in [-0.2, 0) is 10.0 Å². The van der Waals surface area contributed by atoms with Gasteiger partial charge in [0, 0.05) is 12.1 Å². The first-order valence-corrected chi connectivity index (χ1v) is 9.15. The maximum absolute atomic E-state index is 13.1. The van der Waals surface area contributed by atoms with E-state index in [1.807, 2.05) is 20.8 Å².